The Bertz CT molecular complexity index is 488. The normalized spacial score (nSPS) is 12.5. The highest BCUT2D eigenvalue weighted by atomic mass is 35.5. The number of benzene rings is 1. The summed E-state index contributed by atoms with van der Waals surface area (Å²) >= 11 is 9.55. The minimum atomic E-state index is 0.311. The summed E-state index contributed by atoms with van der Waals surface area (Å²) in [5.74, 6) is 6.57. The molecule has 0 fully saturated rings. The number of hydrazine groups is 1. The molecule has 102 valence electrons. The van der Waals surface area contributed by atoms with Gasteiger partial charge < -0.3 is 0 Å². The topological polar surface area (TPSA) is 38.0 Å². The molecule has 0 bridgehead atoms. The first kappa shape index (κ1) is 14.9. The molecule has 1 atom stereocenters. The second-order valence-electron chi connectivity index (χ2n) is 4.25. The molecule has 0 saturated heterocycles. The first-order chi connectivity index (χ1) is 9.28. The molecule has 0 aliphatic carbocycles. The highest BCUT2D eigenvalue weighted by Crippen LogP contribution is 2.23. The fourth-order valence-corrected chi connectivity index (χ4v) is 3.76. The van der Waals surface area contributed by atoms with Crippen LogP contribution in [-0.4, -0.2) is 11.8 Å². The van der Waals surface area contributed by atoms with Crippen LogP contribution in [0.1, 0.15) is 11.3 Å². The molecule has 0 amide bonds. The van der Waals surface area contributed by atoms with Gasteiger partial charge in [-0.05, 0) is 42.5 Å². The summed E-state index contributed by atoms with van der Waals surface area (Å²) in [6.07, 6.45) is 2.12. The third-order valence-electron chi connectivity index (χ3n) is 2.80. The van der Waals surface area contributed by atoms with E-state index in [-0.39, 0.29) is 0 Å². The van der Waals surface area contributed by atoms with Crippen LogP contribution in [0.2, 0.25) is 5.02 Å². The van der Waals surface area contributed by atoms with Crippen molar-refractivity contribution in [3.05, 3.63) is 51.7 Å². The average Bonchev–Trinajstić information content (AvgIpc) is 2.92. The Morgan fingerprint density at radius 1 is 1.32 bits per heavy atom. The quantitative estimate of drug-likeness (QED) is 0.462. The number of nitrogens with one attached hydrogen (secondary N) is 1. The molecular formula is C14H17ClN2S2. The molecular weight excluding hydrogens is 296 g/mol. The second kappa shape index (κ2) is 7.92. The molecule has 1 unspecified atom stereocenters. The number of halogens is 1. The van der Waals surface area contributed by atoms with E-state index in [0.717, 1.165) is 23.6 Å². The van der Waals surface area contributed by atoms with Gasteiger partial charge in [-0.1, -0.05) is 23.7 Å². The number of thioether (sulfide) groups is 1. The average molecular weight is 313 g/mol. The molecule has 3 N–H and O–H groups in total. The lowest BCUT2D eigenvalue weighted by molar-refractivity contribution is 0.541. The molecule has 0 aliphatic heterocycles. The molecule has 0 radical (unpaired) electrons. The van der Waals surface area contributed by atoms with Gasteiger partial charge in [0, 0.05) is 26.6 Å². The molecule has 0 saturated carbocycles. The minimum Gasteiger partial charge on any atom is -0.271 e. The van der Waals surface area contributed by atoms with Gasteiger partial charge in [-0.15, -0.1) is 23.1 Å². The van der Waals surface area contributed by atoms with Gasteiger partial charge in [0.1, 0.15) is 0 Å². The summed E-state index contributed by atoms with van der Waals surface area (Å²) in [5.41, 5.74) is 2.90. The SMILES string of the molecule is NNC(CCc1cccs1)CSc1cccc(Cl)c1. The number of hydrogen-bond acceptors (Lipinski definition) is 4. The van der Waals surface area contributed by atoms with Gasteiger partial charge >= 0.3 is 0 Å². The minimum absolute atomic E-state index is 0.311. The predicted octanol–water partition coefficient (Wildman–Crippen LogP) is 3.96. The summed E-state index contributed by atoms with van der Waals surface area (Å²) in [4.78, 5) is 2.59. The molecule has 5 heteroatoms. The maximum atomic E-state index is 5.97. The lowest BCUT2D eigenvalue weighted by Gasteiger charge is -2.15. The summed E-state index contributed by atoms with van der Waals surface area (Å²) in [7, 11) is 0. The predicted molar refractivity (Wildman–Crippen MR) is 85.9 cm³/mol. The van der Waals surface area contributed by atoms with Gasteiger partial charge in [-0.2, -0.15) is 0 Å². The van der Waals surface area contributed by atoms with Crippen LogP contribution in [0.15, 0.2) is 46.7 Å². The lowest BCUT2D eigenvalue weighted by Crippen LogP contribution is -2.37. The molecule has 0 spiro atoms. The lowest BCUT2D eigenvalue weighted by atomic mass is 10.2. The smallest absolute Gasteiger partial charge is 0.0417 e. The number of aryl methyl sites for hydroxylation is 1. The maximum absolute atomic E-state index is 5.97. The summed E-state index contributed by atoms with van der Waals surface area (Å²) in [6, 6.07) is 12.5. The Hall–Kier alpha value is -0.520. The van der Waals surface area contributed by atoms with E-state index in [2.05, 4.69) is 29.0 Å². The Balaban J connectivity index is 1.79. The van der Waals surface area contributed by atoms with Crippen LogP contribution >= 0.6 is 34.7 Å². The van der Waals surface area contributed by atoms with E-state index in [9.17, 15) is 0 Å². The Morgan fingerprint density at radius 2 is 2.21 bits per heavy atom. The Morgan fingerprint density at radius 3 is 2.89 bits per heavy atom. The molecule has 2 nitrogen and oxygen atoms in total. The molecule has 0 aliphatic rings. The summed E-state index contributed by atoms with van der Waals surface area (Å²) < 4.78 is 0. The highest BCUT2D eigenvalue weighted by Gasteiger charge is 2.08. The third kappa shape index (κ3) is 5.16. The number of hydrogen-bond donors (Lipinski definition) is 2. The monoisotopic (exact) mass is 312 g/mol. The largest absolute Gasteiger partial charge is 0.271 e. The van der Waals surface area contributed by atoms with Gasteiger partial charge in [0.15, 0.2) is 0 Å². The van der Waals surface area contributed by atoms with Gasteiger partial charge in [-0.3, -0.25) is 11.3 Å². The van der Waals surface area contributed by atoms with Gasteiger partial charge in [0.05, 0.1) is 0 Å². The first-order valence-electron chi connectivity index (χ1n) is 6.15. The van der Waals surface area contributed by atoms with Gasteiger partial charge in [-0.25, -0.2) is 0 Å². The number of nitrogens with two attached hydrogens (primary N) is 1. The van der Waals surface area contributed by atoms with E-state index in [1.54, 1.807) is 23.1 Å². The Labute approximate surface area is 127 Å². The molecule has 2 rings (SSSR count). The van der Waals surface area contributed by atoms with Crippen molar-refractivity contribution in [1.82, 2.24) is 5.43 Å². The second-order valence-corrected chi connectivity index (χ2v) is 6.81. The number of thiophene rings is 1. The zero-order valence-electron chi connectivity index (χ0n) is 10.5. The van der Waals surface area contributed by atoms with Crippen molar-refractivity contribution in [2.75, 3.05) is 5.75 Å². The van der Waals surface area contributed by atoms with Crippen LogP contribution in [0.3, 0.4) is 0 Å². The van der Waals surface area contributed by atoms with Crippen LogP contribution in [0, 0.1) is 0 Å². The standard InChI is InChI=1S/C14H17ClN2S2/c15-11-3-1-4-14(9-11)19-10-12(17-16)6-7-13-5-2-8-18-13/h1-5,8-9,12,17H,6-7,10,16H2. The first-order valence-corrected chi connectivity index (χ1v) is 8.39. The van der Waals surface area contributed by atoms with Crippen molar-refractivity contribution >= 4 is 34.7 Å². The van der Waals surface area contributed by atoms with Crippen molar-refractivity contribution in [3.63, 3.8) is 0 Å². The van der Waals surface area contributed by atoms with E-state index in [1.807, 2.05) is 18.2 Å². The molecule has 1 aromatic carbocycles. The van der Waals surface area contributed by atoms with Crippen molar-refractivity contribution in [1.29, 1.82) is 0 Å². The third-order valence-corrected chi connectivity index (χ3v) is 5.13. The highest BCUT2D eigenvalue weighted by molar-refractivity contribution is 7.99. The maximum Gasteiger partial charge on any atom is 0.0417 e. The fourth-order valence-electron chi connectivity index (χ4n) is 1.74. The van der Waals surface area contributed by atoms with Crippen LogP contribution < -0.4 is 11.3 Å². The molecule has 1 aromatic heterocycles. The van der Waals surface area contributed by atoms with Crippen LogP contribution in [0.25, 0.3) is 0 Å². The van der Waals surface area contributed by atoms with Gasteiger partial charge in [0.2, 0.25) is 0 Å². The van der Waals surface area contributed by atoms with E-state index >= 15 is 0 Å². The van der Waals surface area contributed by atoms with Crippen molar-refractivity contribution in [2.45, 2.75) is 23.8 Å². The van der Waals surface area contributed by atoms with Crippen molar-refractivity contribution in [2.24, 2.45) is 5.84 Å². The summed E-state index contributed by atoms with van der Waals surface area (Å²) in [5, 5.41) is 2.89. The zero-order chi connectivity index (χ0) is 13.5. The van der Waals surface area contributed by atoms with Gasteiger partial charge in [0.25, 0.3) is 0 Å². The molecule has 1 heterocycles. The molecule has 2 aromatic rings. The summed E-state index contributed by atoms with van der Waals surface area (Å²) in [6.45, 7) is 0. The van der Waals surface area contributed by atoms with Crippen LogP contribution in [-0.2, 0) is 6.42 Å². The van der Waals surface area contributed by atoms with Crippen LogP contribution in [0.5, 0.6) is 0 Å². The van der Waals surface area contributed by atoms with E-state index < -0.39 is 0 Å². The fraction of sp³-hybridized carbons (Fsp3) is 0.286. The van der Waals surface area contributed by atoms with Crippen molar-refractivity contribution < 1.29 is 0 Å². The van der Waals surface area contributed by atoms with Crippen LogP contribution in [0.4, 0.5) is 0 Å². The Kier molecular flexibility index (Phi) is 6.20. The van der Waals surface area contributed by atoms with Crippen molar-refractivity contribution in [3.8, 4) is 0 Å². The van der Waals surface area contributed by atoms with E-state index in [0.29, 0.717) is 6.04 Å². The molecule has 19 heavy (non-hydrogen) atoms. The number of rotatable bonds is 7. The van der Waals surface area contributed by atoms with E-state index in [1.165, 1.54) is 9.77 Å². The zero-order valence-corrected chi connectivity index (χ0v) is 12.9. The van der Waals surface area contributed by atoms with E-state index in [4.69, 9.17) is 17.4 Å².